The van der Waals surface area contributed by atoms with Gasteiger partial charge < -0.3 is 10.1 Å². The van der Waals surface area contributed by atoms with Crippen LogP contribution in [0.5, 0.6) is 5.75 Å². The van der Waals surface area contributed by atoms with Crippen LogP contribution in [0, 0.1) is 0 Å². The highest BCUT2D eigenvalue weighted by molar-refractivity contribution is 7.80. The Morgan fingerprint density at radius 3 is 2.83 bits per heavy atom. The third-order valence-corrected chi connectivity index (χ3v) is 4.30. The molecule has 1 fully saturated rings. The number of para-hydroxylation sites is 1. The van der Waals surface area contributed by atoms with Crippen LogP contribution in [0.3, 0.4) is 0 Å². The fourth-order valence-electron chi connectivity index (χ4n) is 2.83. The molecule has 0 atom stereocenters. The summed E-state index contributed by atoms with van der Waals surface area (Å²) in [4.78, 5) is 17.5. The van der Waals surface area contributed by atoms with E-state index in [1.165, 1.54) is 0 Å². The predicted octanol–water partition coefficient (Wildman–Crippen LogP) is 2.20. The van der Waals surface area contributed by atoms with Gasteiger partial charge >= 0.3 is 0 Å². The van der Waals surface area contributed by atoms with Crippen LogP contribution in [-0.4, -0.2) is 52.8 Å². The van der Waals surface area contributed by atoms with Gasteiger partial charge in [-0.3, -0.25) is 9.80 Å². The van der Waals surface area contributed by atoms with Gasteiger partial charge in [0.25, 0.3) is 5.91 Å². The summed E-state index contributed by atoms with van der Waals surface area (Å²) in [6.45, 7) is 4.05. The highest BCUT2D eigenvalue weighted by atomic mass is 32.1. The number of hydrogen-bond acceptors (Lipinski definition) is 4. The number of amides is 1. The van der Waals surface area contributed by atoms with Gasteiger partial charge in [-0.2, -0.15) is 0 Å². The first kappa shape index (κ1) is 16.4. The quantitative estimate of drug-likeness (QED) is 0.862. The molecule has 0 saturated carbocycles. The van der Waals surface area contributed by atoms with Gasteiger partial charge in [0.15, 0.2) is 5.11 Å². The third kappa shape index (κ3) is 2.99. The van der Waals surface area contributed by atoms with Gasteiger partial charge in [0.2, 0.25) is 0 Å². The molecule has 0 aliphatic carbocycles. The number of thiocarbonyl (C=S) groups is 1. The van der Waals surface area contributed by atoms with Crippen LogP contribution in [0.4, 0.5) is 0 Å². The van der Waals surface area contributed by atoms with Gasteiger partial charge in [-0.15, -0.1) is 0 Å². The summed E-state index contributed by atoms with van der Waals surface area (Å²) in [6.07, 6.45) is 0.877. The van der Waals surface area contributed by atoms with E-state index in [0.717, 1.165) is 30.4 Å². The van der Waals surface area contributed by atoms with Gasteiger partial charge in [-0.05, 0) is 37.7 Å². The monoisotopic (exact) mass is 344 g/mol. The van der Waals surface area contributed by atoms with Crippen molar-refractivity contribution in [3.63, 3.8) is 0 Å². The standard InChI is InChI=1S/C17H20N4O2S/c1-3-18-17(24)21-10-6-9-20(21)16(22)14-11-15(23-2)12-7-4-5-8-13(12)19-14/h4-5,7-8,11H,3,6,9-10H2,1-2H3,(H,18,24). The van der Waals surface area contributed by atoms with E-state index in [0.29, 0.717) is 23.1 Å². The average molecular weight is 344 g/mol. The smallest absolute Gasteiger partial charge is 0.291 e. The molecule has 0 spiro atoms. The number of nitrogens with zero attached hydrogens (tertiary/aromatic N) is 3. The van der Waals surface area contributed by atoms with Crippen molar-refractivity contribution in [2.75, 3.05) is 26.7 Å². The van der Waals surface area contributed by atoms with E-state index in [-0.39, 0.29) is 5.91 Å². The molecule has 7 heteroatoms. The van der Waals surface area contributed by atoms with Crippen LogP contribution in [0.15, 0.2) is 30.3 Å². The molecule has 0 radical (unpaired) electrons. The van der Waals surface area contributed by atoms with E-state index in [1.807, 2.05) is 36.2 Å². The Kier molecular flexibility index (Phi) is 4.80. The second-order valence-corrected chi connectivity index (χ2v) is 5.85. The first-order valence-corrected chi connectivity index (χ1v) is 8.37. The zero-order chi connectivity index (χ0) is 17.1. The Hall–Kier alpha value is -2.41. The molecule has 1 aliphatic rings. The van der Waals surface area contributed by atoms with Gasteiger partial charge in [-0.25, -0.2) is 9.99 Å². The van der Waals surface area contributed by atoms with Gasteiger partial charge in [0.1, 0.15) is 11.4 Å². The number of benzene rings is 1. The highest BCUT2D eigenvalue weighted by Crippen LogP contribution is 2.26. The molecule has 1 aromatic carbocycles. The SMILES string of the molecule is CCNC(=S)N1CCCN1C(=O)c1cc(OC)c2ccccc2n1. The number of aromatic nitrogens is 1. The zero-order valence-corrected chi connectivity index (χ0v) is 14.6. The van der Waals surface area contributed by atoms with Crippen molar-refractivity contribution in [2.45, 2.75) is 13.3 Å². The predicted molar refractivity (Wildman–Crippen MR) is 96.9 cm³/mol. The summed E-state index contributed by atoms with van der Waals surface area (Å²) < 4.78 is 5.43. The number of pyridine rings is 1. The van der Waals surface area contributed by atoms with Crippen molar-refractivity contribution in [2.24, 2.45) is 0 Å². The lowest BCUT2D eigenvalue weighted by atomic mass is 10.1. The van der Waals surface area contributed by atoms with E-state index in [9.17, 15) is 4.79 Å². The lowest BCUT2D eigenvalue weighted by Crippen LogP contribution is -2.49. The number of carbonyl (C=O) groups is 1. The fraction of sp³-hybridized carbons (Fsp3) is 0.353. The maximum Gasteiger partial charge on any atom is 0.291 e. The van der Waals surface area contributed by atoms with Crippen molar-refractivity contribution >= 4 is 34.1 Å². The first-order chi connectivity index (χ1) is 11.7. The largest absolute Gasteiger partial charge is 0.496 e. The Labute approximate surface area is 146 Å². The molecule has 1 aliphatic heterocycles. The van der Waals surface area contributed by atoms with Gasteiger partial charge in [0.05, 0.1) is 12.6 Å². The van der Waals surface area contributed by atoms with Crippen molar-refractivity contribution in [1.82, 2.24) is 20.3 Å². The van der Waals surface area contributed by atoms with Crippen LogP contribution < -0.4 is 10.1 Å². The number of hydrogen-bond donors (Lipinski definition) is 1. The Bertz CT molecular complexity index is 780. The lowest BCUT2D eigenvalue weighted by Gasteiger charge is -2.29. The van der Waals surface area contributed by atoms with Gasteiger partial charge in [0, 0.05) is 31.1 Å². The highest BCUT2D eigenvalue weighted by Gasteiger charge is 2.30. The van der Waals surface area contributed by atoms with E-state index >= 15 is 0 Å². The number of carbonyl (C=O) groups excluding carboxylic acids is 1. The molecule has 2 aromatic rings. The van der Waals surface area contributed by atoms with E-state index in [1.54, 1.807) is 18.2 Å². The fourth-order valence-corrected chi connectivity index (χ4v) is 3.16. The number of fused-ring (bicyclic) bond motifs is 1. The van der Waals surface area contributed by atoms with Crippen molar-refractivity contribution in [3.05, 3.63) is 36.0 Å². The number of ether oxygens (including phenoxy) is 1. The summed E-state index contributed by atoms with van der Waals surface area (Å²) in [7, 11) is 1.60. The van der Waals surface area contributed by atoms with Crippen molar-refractivity contribution in [1.29, 1.82) is 0 Å². The number of hydrazine groups is 1. The second kappa shape index (κ2) is 7.00. The zero-order valence-electron chi connectivity index (χ0n) is 13.8. The van der Waals surface area contributed by atoms with E-state index in [2.05, 4.69) is 10.3 Å². The Morgan fingerprint density at radius 2 is 2.08 bits per heavy atom. The molecule has 6 nitrogen and oxygen atoms in total. The second-order valence-electron chi connectivity index (χ2n) is 5.47. The topological polar surface area (TPSA) is 57.7 Å². The van der Waals surface area contributed by atoms with Crippen molar-refractivity contribution in [3.8, 4) is 5.75 Å². The normalized spacial score (nSPS) is 14.1. The molecule has 1 saturated heterocycles. The molecule has 1 amide bonds. The van der Waals surface area contributed by atoms with Crippen LogP contribution >= 0.6 is 12.2 Å². The van der Waals surface area contributed by atoms with Crippen LogP contribution in [0.1, 0.15) is 23.8 Å². The minimum Gasteiger partial charge on any atom is -0.496 e. The van der Waals surface area contributed by atoms with Gasteiger partial charge in [-0.1, -0.05) is 12.1 Å². The Balaban J connectivity index is 1.94. The maximum atomic E-state index is 13.0. The molecule has 1 N–H and O–H groups in total. The molecule has 2 heterocycles. The lowest BCUT2D eigenvalue weighted by molar-refractivity contribution is 0.0486. The third-order valence-electron chi connectivity index (χ3n) is 3.95. The number of nitrogens with one attached hydrogen (secondary N) is 1. The number of rotatable bonds is 3. The molecular weight excluding hydrogens is 324 g/mol. The minimum atomic E-state index is -0.170. The molecular formula is C17H20N4O2S. The van der Waals surface area contributed by atoms with Crippen molar-refractivity contribution < 1.29 is 9.53 Å². The van der Waals surface area contributed by atoms with Crippen LogP contribution in [0.25, 0.3) is 10.9 Å². The molecule has 1 aromatic heterocycles. The minimum absolute atomic E-state index is 0.170. The Morgan fingerprint density at radius 1 is 1.33 bits per heavy atom. The number of methoxy groups -OCH3 is 1. The maximum absolute atomic E-state index is 13.0. The molecule has 0 bridgehead atoms. The van der Waals surface area contributed by atoms with E-state index < -0.39 is 0 Å². The van der Waals surface area contributed by atoms with E-state index in [4.69, 9.17) is 17.0 Å². The summed E-state index contributed by atoms with van der Waals surface area (Å²) in [5.41, 5.74) is 1.09. The molecule has 126 valence electrons. The molecule has 3 rings (SSSR count). The van der Waals surface area contributed by atoms with Crippen LogP contribution in [-0.2, 0) is 0 Å². The summed E-state index contributed by atoms with van der Waals surface area (Å²) in [6, 6.07) is 9.31. The molecule has 24 heavy (non-hydrogen) atoms. The molecule has 0 unspecified atom stereocenters. The summed E-state index contributed by atoms with van der Waals surface area (Å²) in [5.74, 6) is 0.473. The average Bonchev–Trinajstić information content (AvgIpc) is 3.10. The van der Waals surface area contributed by atoms with Crippen LogP contribution in [0.2, 0.25) is 0 Å². The summed E-state index contributed by atoms with van der Waals surface area (Å²) in [5, 5.41) is 8.01. The summed E-state index contributed by atoms with van der Waals surface area (Å²) >= 11 is 5.36. The first-order valence-electron chi connectivity index (χ1n) is 7.96.